The van der Waals surface area contributed by atoms with Crippen LogP contribution in [-0.2, 0) is 11.2 Å². The van der Waals surface area contributed by atoms with Crippen molar-refractivity contribution in [3.63, 3.8) is 0 Å². The lowest BCUT2D eigenvalue weighted by molar-refractivity contribution is 0.0983. The smallest absolute Gasteiger partial charge is 0.267 e. The van der Waals surface area contributed by atoms with Gasteiger partial charge in [-0.2, -0.15) is 5.10 Å². The lowest BCUT2D eigenvalue weighted by atomic mass is 10.0. The van der Waals surface area contributed by atoms with Gasteiger partial charge in [0.05, 0.1) is 23.3 Å². The number of carbonyl (C=O) groups is 1. The fourth-order valence-corrected chi connectivity index (χ4v) is 4.17. The van der Waals surface area contributed by atoms with Gasteiger partial charge in [0.25, 0.3) is 5.91 Å². The molecular formula is C20H21F2N5O2S. The normalized spacial score (nSPS) is 17.6. The Morgan fingerprint density at radius 2 is 2.07 bits per heavy atom. The molecule has 158 valence electrons. The van der Waals surface area contributed by atoms with E-state index in [0.717, 1.165) is 24.2 Å². The lowest BCUT2D eigenvalue weighted by Crippen LogP contribution is -2.34. The van der Waals surface area contributed by atoms with Crippen LogP contribution in [0.15, 0.2) is 42.7 Å². The quantitative estimate of drug-likeness (QED) is 0.672. The van der Waals surface area contributed by atoms with Gasteiger partial charge in [0.15, 0.2) is 11.2 Å². The molecule has 1 unspecified atom stereocenters. The van der Waals surface area contributed by atoms with E-state index < -0.39 is 28.7 Å². The number of hydrogen-bond acceptors (Lipinski definition) is 4. The third-order valence-corrected chi connectivity index (χ3v) is 6.19. The molecule has 1 aromatic carbocycles. The minimum Gasteiger partial charge on any atom is -0.364 e. The summed E-state index contributed by atoms with van der Waals surface area (Å²) in [7, 11) is 3.17. The van der Waals surface area contributed by atoms with E-state index in [0.29, 0.717) is 24.0 Å². The number of benzene rings is 1. The van der Waals surface area contributed by atoms with Crippen LogP contribution in [0.3, 0.4) is 0 Å². The molecule has 10 heteroatoms. The van der Waals surface area contributed by atoms with E-state index in [2.05, 4.69) is 9.82 Å². The monoisotopic (exact) mass is 433 g/mol. The highest BCUT2D eigenvalue weighted by atomic mass is 32.2. The maximum Gasteiger partial charge on any atom is 0.267 e. The summed E-state index contributed by atoms with van der Waals surface area (Å²) in [6, 6.07) is 6.81. The number of anilines is 1. The van der Waals surface area contributed by atoms with Gasteiger partial charge in [-0.1, -0.05) is 0 Å². The SMILES string of the molecule is CN(C)S(=O)NC(=O)c1cnn2ccc(N3CCC[C@@H]3c3cc(F)ccc3F)cc12. The first-order valence-corrected chi connectivity index (χ1v) is 10.5. The van der Waals surface area contributed by atoms with Crippen molar-refractivity contribution >= 4 is 28.3 Å². The van der Waals surface area contributed by atoms with E-state index in [1.54, 1.807) is 30.9 Å². The van der Waals surface area contributed by atoms with Crippen LogP contribution >= 0.6 is 0 Å². The molecule has 1 aliphatic rings. The molecule has 1 fully saturated rings. The van der Waals surface area contributed by atoms with E-state index in [-0.39, 0.29) is 11.6 Å². The van der Waals surface area contributed by atoms with Crippen LogP contribution in [0.25, 0.3) is 5.52 Å². The largest absolute Gasteiger partial charge is 0.364 e. The molecule has 0 aliphatic carbocycles. The zero-order chi connectivity index (χ0) is 21.4. The lowest BCUT2D eigenvalue weighted by Gasteiger charge is -2.27. The van der Waals surface area contributed by atoms with E-state index in [1.807, 2.05) is 11.0 Å². The van der Waals surface area contributed by atoms with E-state index in [1.165, 1.54) is 16.6 Å². The number of hydrogen-bond donors (Lipinski definition) is 1. The van der Waals surface area contributed by atoms with Gasteiger partial charge >= 0.3 is 0 Å². The minimum absolute atomic E-state index is 0.278. The van der Waals surface area contributed by atoms with Crippen LogP contribution in [0.1, 0.15) is 34.8 Å². The third kappa shape index (κ3) is 3.80. The molecule has 2 aromatic heterocycles. The number of fused-ring (bicyclic) bond motifs is 1. The Hall–Kier alpha value is -2.85. The van der Waals surface area contributed by atoms with Crippen molar-refractivity contribution in [1.29, 1.82) is 0 Å². The number of pyridine rings is 1. The van der Waals surface area contributed by atoms with Crippen LogP contribution in [0, 0.1) is 11.6 Å². The zero-order valence-electron chi connectivity index (χ0n) is 16.5. The Morgan fingerprint density at radius 3 is 2.83 bits per heavy atom. The second-order valence-electron chi connectivity index (χ2n) is 7.28. The first-order valence-electron chi connectivity index (χ1n) is 9.44. The summed E-state index contributed by atoms with van der Waals surface area (Å²) in [6.45, 7) is 0.678. The standard InChI is InChI=1S/C20H21F2N5O2S/c1-25(2)30(29)24-20(28)16-12-23-27-9-7-14(11-19(16)27)26-8-3-4-18(26)15-10-13(21)5-6-17(15)22/h5-7,9-12,18H,3-4,8H2,1-2H3,(H,24,28)/t18-,30?/m1/s1. The number of rotatable bonds is 5. The molecule has 30 heavy (non-hydrogen) atoms. The molecule has 1 N–H and O–H groups in total. The average molecular weight is 433 g/mol. The predicted molar refractivity (Wildman–Crippen MR) is 110 cm³/mol. The summed E-state index contributed by atoms with van der Waals surface area (Å²) in [5, 5.41) is 4.18. The van der Waals surface area contributed by atoms with Crippen LogP contribution in [0.4, 0.5) is 14.5 Å². The molecule has 2 atom stereocenters. The van der Waals surface area contributed by atoms with Crippen molar-refractivity contribution in [2.24, 2.45) is 0 Å². The number of nitrogens with one attached hydrogen (secondary N) is 1. The Labute approximate surface area is 175 Å². The molecule has 1 amide bonds. The van der Waals surface area contributed by atoms with Gasteiger partial charge in [0.2, 0.25) is 0 Å². The Kier molecular flexibility index (Phi) is 5.52. The minimum atomic E-state index is -1.66. The van der Waals surface area contributed by atoms with E-state index in [4.69, 9.17) is 0 Å². The Bertz CT molecular complexity index is 1130. The summed E-state index contributed by atoms with van der Waals surface area (Å²) in [5.41, 5.74) is 1.91. The van der Waals surface area contributed by atoms with Crippen molar-refractivity contribution in [3.8, 4) is 0 Å². The Morgan fingerprint density at radius 1 is 1.27 bits per heavy atom. The number of aromatic nitrogens is 2. The van der Waals surface area contributed by atoms with Crippen molar-refractivity contribution in [2.75, 3.05) is 25.5 Å². The van der Waals surface area contributed by atoms with Gasteiger partial charge in [-0.3, -0.25) is 9.52 Å². The molecule has 3 aromatic rings. The maximum absolute atomic E-state index is 14.4. The summed E-state index contributed by atoms with van der Waals surface area (Å²) in [4.78, 5) is 14.6. The fourth-order valence-electron chi connectivity index (χ4n) is 3.72. The van der Waals surface area contributed by atoms with Crippen LogP contribution in [0.5, 0.6) is 0 Å². The zero-order valence-corrected chi connectivity index (χ0v) is 17.3. The van der Waals surface area contributed by atoms with Crippen LogP contribution < -0.4 is 9.62 Å². The molecule has 0 bridgehead atoms. The molecule has 3 heterocycles. The highest BCUT2D eigenvalue weighted by Crippen LogP contribution is 2.38. The predicted octanol–water partition coefficient (Wildman–Crippen LogP) is 2.82. The highest BCUT2D eigenvalue weighted by Gasteiger charge is 2.29. The molecule has 0 saturated carbocycles. The fraction of sp³-hybridized carbons (Fsp3) is 0.300. The molecule has 7 nitrogen and oxygen atoms in total. The van der Waals surface area contributed by atoms with Crippen molar-refractivity contribution in [3.05, 3.63) is 65.5 Å². The van der Waals surface area contributed by atoms with Crippen molar-refractivity contribution in [2.45, 2.75) is 18.9 Å². The van der Waals surface area contributed by atoms with Crippen molar-refractivity contribution in [1.82, 2.24) is 18.6 Å². The van der Waals surface area contributed by atoms with E-state index in [9.17, 15) is 17.8 Å². The van der Waals surface area contributed by atoms with E-state index >= 15 is 0 Å². The molecule has 1 saturated heterocycles. The van der Waals surface area contributed by atoms with Gasteiger partial charge in [-0.05, 0) is 43.2 Å². The molecule has 0 radical (unpaired) electrons. The second kappa shape index (κ2) is 8.11. The van der Waals surface area contributed by atoms with Gasteiger partial charge in [0.1, 0.15) is 11.6 Å². The number of amides is 1. The average Bonchev–Trinajstić information content (AvgIpc) is 3.36. The third-order valence-electron chi connectivity index (χ3n) is 5.16. The summed E-state index contributed by atoms with van der Waals surface area (Å²) >= 11 is -1.66. The van der Waals surface area contributed by atoms with Crippen LogP contribution in [-0.4, -0.2) is 44.7 Å². The summed E-state index contributed by atoms with van der Waals surface area (Å²) in [6.07, 6.45) is 4.65. The molecule has 0 spiro atoms. The first-order chi connectivity index (χ1) is 14.3. The summed E-state index contributed by atoms with van der Waals surface area (Å²) < 4.78 is 45.4. The van der Waals surface area contributed by atoms with Gasteiger partial charge in [0, 0.05) is 38.1 Å². The van der Waals surface area contributed by atoms with Gasteiger partial charge in [-0.25, -0.2) is 21.8 Å². The van der Waals surface area contributed by atoms with Crippen LogP contribution in [0.2, 0.25) is 0 Å². The molecule has 4 rings (SSSR count). The number of halogens is 2. The first kappa shape index (κ1) is 20.4. The highest BCUT2D eigenvalue weighted by molar-refractivity contribution is 7.81. The molecular weight excluding hydrogens is 412 g/mol. The number of carbonyl (C=O) groups excluding carboxylic acids is 1. The topological polar surface area (TPSA) is 70.0 Å². The second-order valence-corrected chi connectivity index (χ2v) is 8.72. The van der Waals surface area contributed by atoms with Gasteiger partial charge < -0.3 is 4.90 Å². The molecule has 1 aliphatic heterocycles. The number of nitrogens with zero attached hydrogens (tertiary/aromatic N) is 4. The van der Waals surface area contributed by atoms with Crippen molar-refractivity contribution < 1.29 is 17.8 Å². The summed E-state index contributed by atoms with van der Waals surface area (Å²) in [5.74, 6) is -1.43. The maximum atomic E-state index is 14.4. The van der Waals surface area contributed by atoms with Gasteiger partial charge in [-0.15, -0.1) is 0 Å². The Balaban J connectivity index is 1.68.